The summed E-state index contributed by atoms with van der Waals surface area (Å²) in [6, 6.07) is 9.00. The first-order chi connectivity index (χ1) is 14.6. The number of hydrogen-bond donors (Lipinski definition) is 0. The first-order valence-corrected chi connectivity index (χ1v) is 10.2. The zero-order valence-electron chi connectivity index (χ0n) is 16.9. The molecule has 9 heteroatoms. The monoisotopic (exact) mass is 453 g/mol. The van der Waals surface area contributed by atoms with E-state index in [9.17, 15) is 22.4 Å². The summed E-state index contributed by atoms with van der Waals surface area (Å²) in [5, 5.41) is 1.63. The van der Waals surface area contributed by atoms with Crippen molar-refractivity contribution in [3.05, 3.63) is 58.7 Å². The van der Waals surface area contributed by atoms with Crippen LogP contribution in [0.15, 0.2) is 41.4 Å². The van der Waals surface area contributed by atoms with Gasteiger partial charge in [0.15, 0.2) is 5.78 Å². The van der Waals surface area contributed by atoms with E-state index < -0.39 is 24.8 Å². The standard InChI is InChI=1S/C22H19F4NO3S/c1-11-6-13(3)20-16(7-11)12(2)8-19(27-20)31-10-17(28)15-5-4-14(29-21(23)24)9-18(15)30-22(25)26/h4-9,21-22H,10H2,1-3H3. The Kier molecular flexibility index (Phi) is 7.04. The van der Waals surface area contributed by atoms with E-state index in [0.717, 1.165) is 57.6 Å². The molecule has 0 fully saturated rings. The third-order valence-corrected chi connectivity index (χ3v) is 5.39. The van der Waals surface area contributed by atoms with Gasteiger partial charge in [-0.3, -0.25) is 4.79 Å². The molecule has 0 N–H and O–H groups in total. The van der Waals surface area contributed by atoms with Crippen LogP contribution in [-0.4, -0.2) is 29.7 Å². The summed E-state index contributed by atoms with van der Waals surface area (Å²) in [5.41, 5.74) is 3.81. The molecule has 0 saturated carbocycles. The van der Waals surface area contributed by atoms with Gasteiger partial charge in [-0.15, -0.1) is 0 Å². The van der Waals surface area contributed by atoms with E-state index >= 15 is 0 Å². The molecule has 4 nitrogen and oxygen atoms in total. The van der Waals surface area contributed by atoms with Crippen LogP contribution in [0.25, 0.3) is 10.9 Å². The third kappa shape index (κ3) is 5.66. The summed E-state index contributed by atoms with van der Waals surface area (Å²) in [6.45, 7) is -0.448. The van der Waals surface area contributed by atoms with E-state index in [1.54, 1.807) is 0 Å². The van der Waals surface area contributed by atoms with Gasteiger partial charge in [-0.1, -0.05) is 23.4 Å². The fraction of sp³-hybridized carbons (Fsp3) is 0.273. The molecule has 0 unspecified atom stereocenters. The number of halogens is 4. The molecular weight excluding hydrogens is 434 g/mol. The smallest absolute Gasteiger partial charge is 0.387 e. The molecule has 0 aliphatic rings. The highest BCUT2D eigenvalue weighted by atomic mass is 32.2. The molecule has 0 amide bonds. The molecule has 3 rings (SSSR count). The predicted octanol–water partition coefficient (Wildman–Crippen LogP) is 6.34. The summed E-state index contributed by atoms with van der Waals surface area (Å²) >= 11 is 1.15. The Hall–Kier alpha value is -2.81. The number of carbonyl (C=O) groups excluding carboxylic acids is 1. The minimum Gasteiger partial charge on any atom is -0.435 e. The molecule has 31 heavy (non-hydrogen) atoms. The number of Topliss-reactive ketones (excluding diaryl/α,β-unsaturated/α-hetero) is 1. The molecular formula is C22H19F4NO3S. The second-order valence-electron chi connectivity index (χ2n) is 6.88. The van der Waals surface area contributed by atoms with E-state index in [2.05, 4.69) is 14.5 Å². The molecule has 0 aliphatic heterocycles. The van der Waals surface area contributed by atoms with Crippen molar-refractivity contribution in [2.75, 3.05) is 5.75 Å². The normalized spacial score (nSPS) is 11.4. The van der Waals surface area contributed by atoms with Crippen LogP contribution < -0.4 is 9.47 Å². The van der Waals surface area contributed by atoms with E-state index in [-0.39, 0.29) is 17.1 Å². The Bertz CT molecular complexity index is 1120. The van der Waals surface area contributed by atoms with Crippen LogP contribution in [0.4, 0.5) is 17.6 Å². The minimum absolute atomic E-state index is 0.0997. The first kappa shape index (κ1) is 22.9. The topological polar surface area (TPSA) is 48.4 Å². The van der Waals surface area contributed by atoms with Crippen LogP contribution in [0.2, 0.25) is 0 Å². The first-order valence-electron chi connectivity index (χ1n) is 9.22. The number of hydrogen-bond acceptors (Lipinski definition) is 5. The maximum absolute atomic E-state index is 12.7. The van der Waals surface area contributed by atoms with Gasteiger partial charge in [-0.05, 0) is 56.2 Å². The van der Waals surface area contributed by atoms with Crippen molar-refractivity contribution >= 4 is 28.4 Å². The molecule has 1 aromatic heterocycles. The SMILES string of the molecule is Cc1cc(C)c2nc(SCC(=O)c3ccc(OC(F)F)cc3OC(F)F)cc(C)c2c1. The summed E-state index contributed by atoms with van der Waals surface area (Å²) in [4.78, 5) is 17.3. The van der Waals surface area contributed by atoms with Crippen molar-refractivity contribution in [2.45, 2.75) is 39.0 Å². The average Bonchev–Trinajstić information content (AvgIpc) is 2.66. The molecule has 0 spiro atoms. The zero-order valence-corrected chi connectivity index (χ0v) is 17.7. The Morgan fingerprint density at radius 1 is 0.968 bits per heavy atom. The van der Waals surface area contributed by atoms with E-state index in [0.29, 0.717) is 5.03 Å². The van der Waals surface area contributed by atoms with Crippen molar-refractivity contribution in [3.8, 4) is 11.5 Å². The largest absolute Gasteiger partial charge is 0.435 e. The average molecular weight is 453 g/mol. The quantitative estimate of drug-likeness (QED) is 0.226. The van der Waals surface area contributed by atoms with Gasteiger partial charge in [-0.25, -0.2) is 4.98 Å². The number of alkyl halides is 4. The molecule has 0 atom stereocenters. The van der Waals surface area contributed by atoms with Gasteiger partial charge in [0.25, 0.3) is 0 Å². The lowest BCUT2D eigenvalue weighted by atomic mass is 10.0. The lowest BCUT2D eigenvalue weighted by Gasteiger charge is -2.13. The fourth-order valence-electron chi connectivity index (χ4n) is 3.21. The number of rotatable bonds is 8. The lowest BCUT2D eigenvalue weighted by molar-refractivity contribution is -0.0544. The highest BCUT2D eigenvalue weighted by molar-refractivity contribution is 7.99. The number of nitrogens with zero attached hydrogens (tertiary/aromatic N) is 1. The number of thioether (sulfide) groups is 1. The maximum Gasteiger partial charge on any atom is 0.387 e. The van der Waals surface area contributed by atoms with Crippen LogP contribution in [0.3, 0.4) is 0 Å². The second-order valence-corrected chi connectivity index (χ2v) is 7.88. The molecule has 0 radical (unpaired) electrons. The zero-order chi connectivity index (χ0) is 22.7. The summed E-state index contributed by atoms with van der Waals surface area (Å²) < 4.78 is 58.8. The summed E-state index contributed by atoms with van der Waals surface area (Å²) in [5.74, 6) is -1.51. The van der Waals surface area contributed by atoms with Gasteiger partial charge in [0.1, 0.15) is 11.5 Å². The summed E-state index contributed by atoms with van der Waals surface area (Å²) in [6.07, 6.45) is 0. The van der Waals surface area contributed by atoms with Gasteiger partial charge >= 0.3 is 13.2 Å². The highest BCUT2D eigenvalue weighted by Gasteiger charge is 2.19. The van der Waals surface area contributed by atoms with Gasteiger partial charge in [0.2, 0.25) is 0 Å². The van der Waals surface area contributed by atoms with Crippen molar-refractivity contribution in [2.24, 2.45) is 0 Å². The number of carbonyl (C=O) groups is 1. The van der Waals surface area contributed by atoms with Gasteiger partial charge in [-0.2, -0.15) is 17.6 Å². The number of ketones is 1. The number of ether oxygens (including phenoxy) is 2. The van der Waals surface area contributed by atoms with Crippen molar-refractivity contribution in [1.82, 2.24) is 4.98 Å². The number of pyridine rings is 1. The molecule has 0 aliphatic carbocycles. The molecule has 3 aromatic rings. The minimum atomic E-state index is -3.22. The number of aromatic nitrogens is 1. The van der Waals surface area contributed by atoms with Crippen LogP contribution in [0.1, 0.15) is 27.0 Å². The van der Waals surface area contributed by atoms with E-state index in [1.165, 1.54) is 0 Å². The van der Waals surface area contributed by atoms with Crippen LogP contribution in [0.5, 0.6) is 11.5 Å². The van der Waals surface area contributed by atoms with Crippen molar-refractivity contribution in [1.29, 1.82) is 0 Å². The van der Waals surface area contributed by atoms with Crippen LogP contribution >= 0.6 is 11.8 Å². The number of fused-ring (bicyclic) bond motifs is 1. The molecule has 2 aromatic carbocycles. The van der Waals surface area contributed by atoms with Crippen LogP contribution in [-0.2, 0) is 0 Å². The van der Waals surface area contributed by atoms with Crippen molar-refractivity contribution < 1.29 is 31.8 Å². The second kappa shape index (κ2) is 9.55. The Labute approximate surface area is 180 Å². The van der Waals surface area contributed by atoms with Gasteiger partial charge < -0.3 is 9.47 Å². The summed E-state index contributed by atoms with van der Waals surface area (Å²) in [7, 11) is 0. The number of benzene rings is 2. The van der Waals surface area contributed by atoms with E-state index in [4.69, 9.17) is 0 Å². The lowest BCUT2D eigenvalue weighted by Crippen LogP contribution is -2.11. The molecule has 1 heterocycles. The molecule has 164 valence electrons. The van der Waals surface area contributed by atoms with Crippen LogP contribution in [0, 0.1) is 20.8 Å². The Morgan fingerprint density at radius 2 is 1.68 bits per heavy atom. The highest BCUT2D eigenvalue weighted by Crippen LogP contribution is 2.31. The third-order valence-electron chi connectivity index (χ3n) is 4.48. The molecule has 0 saturated heterocycles. The van der Waals surface area contributed by atoms with Crippen molar-refractivity contribution in [3.63, 3.8) is 0 Å². The Balaban J connectivity index is 1.83. The van der Waals surface area contributed by atoms with Gasteiger partial charge in [0.05, 0.1) is 21.9 Å². The predicted molar refractivity (Wildman–Crippen MR) is 111 cm³/mol. The van der Waals surface area contributed by atoms with E-state index in [1.807, 2.05) is 39.0 Å². The van der Waals surface area contributed by atoms with Gasteiger partial charge in [0, 0.05) is 11.5 Å². The number of aryl methyl sites for hydroxylation is 3. The fourth-order valence-corrected chi connectivity index (χ4v) is 4.06. The maximum atomic E-state index is 12.7. The Morgan fingerprint density at radius 3 is 2.35 bits per heavy atom. The molecule has 0 bridgehead atoms.